The van der Waals surface area contributed by atoms with Gasteiger partial charge in [0.15, 0.2) is 0 Å². The molecular weight excluding hydrogens is 551 g/mol. The van der Waals surface area contributed by atoms with E-state index in [0.717, 1.165) is 35.9 Å². The average molecular weight is 579 g/mol. The Bertz CT molecular complexity index is 1450. The first-order valence-electron chi connectivity index (χ1n) is 13.5. The number of halogens is 5. The summed E-state index contributed by atoms with van der Waals surface area (Å²) in [6, 6.07) is 1.96. The number of amides is 3. The molecule has 4 heterocycles. The van der Waals surface area contributed by atoms with Crippen molar-refractivity contribution >= 4 is 17.7 Å². The van der Waals surface area contributed by atoms with E-state index in [9.17, 15) is 32.7 Å². The van der Waals surface area contributed by atoms with Crippen LogP contribution >= 0.6 is 0 Å². The monoisotopic (exact) mass is 578 g/mol. The molecule has 1 aliphatic carbocycles. The van der Waals surface area contributed by atoms with Crippen LogP contribution in [-0.2, 0) is 34.5 Å². The number of benzene rings is 1. The SMILES string of the molecule is O=C1CCC(N2Cc3c(cc(F)c(C4(O)CCN(Cc5cc(C(F)(F)F)cc(C6CC6)n5)CC4)c3F)C2=O)C(=O)N1. The zero-order valence-corrected chi connectivity index (χ0v) is 21.9. The maximum atomic E-state index is 15.8. The first-order chi connectivity index (χ1) is 19.3. The molecule has 41 heavy (non-hydrogen) atoms. The molecule has 2 N–H and O–H groups in total. The van der Waals surface area contributed by atoms with Crippen LogP contribution in [0.15, 0.2) is 18.2 Å². The van der Waals surface area contributed by atoms with Crippen LogP contribution in [0, 0.1) is 11.6 Å². The van der Waals surface area contributed by atoms with Crippen molar-refractivity contribution in [2.24, 2.45) is 0 Å². The zero-order valence-electron chi connectivity index (χ0n) is 21.9. The van der Waals surface area contributed by atoms with Crippen molar-refractivity contribution in [3.63, 3.8) is 0 Å². The van der Waals surface area contributed by atoms with Crippen molar-refractivity contribution in [2.75, 3.05) is 13.1 Å². The Balaban J connectivity index is 1.19. The smallest absolute Gasteiger partial charge is 0.385 e. The molecule has 218 valence electrons. The molecule has 1 atom stereocenters. The van der Waals surface area contributed by atoms with Gasteiger partial charge in [-0.05, 0) is 50.3 Å². The van der Waals surface area contributed by atoms with Gasteiger partial charge < -0.3 is 10.0 Å². The molecule has 4 aliphatic rings. The van der Waals surface area contributed by atoms with Gasteiger partial charge in [0.05, 0.1) is 34.5 Å². The van der Waals surface area contributed by atoms with Gasteiger partial charge in [0.1, 0.15) is 17.7 Å². The van der Waals surface area contributed by atoms with E-state index in [1.165, 1.54) is 0 Å². The third-order valence-corrected chi connectivity index (χ3v) is 8.48. The number of alkyl halides is 3. The van der Waals surface area contributed by atoms with Crippen molar-refractivity contribution < 1.29 is 41.4 Å². The van der Waals surface area contributed by atoms with Gasteiger partial charge in [-0.25, -0.2) is 8.78 Å². The van der Waals surface area contributed by atoms with Gasteiger partial charge in [-0.3, -0.25) is 29.6 Å². The molecule has 0 bridgehead atoms. The Kier molecular flexibility index (Phi) is 6.64. The number of hydrogen-bond acceptors (Lipinski definition) is 6. The fraction of sp³-hybridized carbons (Fsp3) is 0.500. The minimum atomic E-state index is -4.51. The summed E-state index contributed by atoms with van der Waals surface area (Å²) in [7, 11) is 0. The number of nitrogens with zero attached hydrogens (tertiary/aromatic N) is 3. The number of piperidine rings is 2. The molecule has 1 unspecified atom stereocenters. The van der Waals surface area contributed by atoms with Gasteiger partial charge in [0, 0.05) is 43.2 Å². The summed E-state index contributed by atoms with van der Waals surface area (Å²) >= 11 is 0. The molecule has 0 radical (unpaired) electrons. The number of imide groups is 1. The molecule has 3 amide bonds. The number of carbonyl (C=O) groups excluding carboxylic acids is 3. The average Bonchev–Trinajstić information content (AvgIpc) is 3.70. The van der Waals surface area contributed by atoms with E-state index in [2.05, 4.69) is 10.3 Å². The van der Waals surface area contributed by atoms with Crippen molar-refractivity contribution in [1.82, 2.24) is 20.1 Å². The second-order valence-electron chi connectivity index (χ2n) is 11.3. The van der Waals surface area contributed by atoms with E-state index in [1.807, 2.05) is 0 Å². The summed E-state index contributed by atoms with van der Waals surface area (Å²) in [5.74, 6) is -4.03. The largest absolute Gasteiger partial charge is 0.416 e. The lowest BCUT2D eigenvalue weighted by Crippen LogP contribution is -2.52. The molecule has 3 fully saturated rings. The van der Waals surface area contributed by atoms with Crippen LogP contribution in [0.2, 0.25) is 0 Å². The predicted molar refractivity (Wildman–Crippen MR) is 132 cm³/mol. The van der Waals surface area contributed by atoms with Crippen LogP contribution in [0.4, 0.5) is 22.0 Å². The van der Waals surface area contributed by atoms with Gasteiger partial charge >= 0.3 is 6.18 Å². The fourth-order valence-corrected chi connectivity index (χ4v) is 6.06. The molecule has 0 spiro atoms. The van der Waals surface area contributed by atoms with Crippen LogP contribution in [0.25, 0.3) is 0 Å². The third-order valence-electron chi connectivity index (χ3n) is 8.48. The van der Waals surface area contributed by atoms with Gasteiger partial charge in [0.2, 0.25) is 11.8 Å². The Morgan fingerprint density at radius 2 is 1.76 bits per heavy atom. The first kappa shape index (κ1) is 27.7. The van der Waals surface area contributed by atoms with Gasteiger partial charge in [-0.1, -0.05) is 0 Å². The summed E-state index contributed by atoms with van der Waals surface area (Å²) in [5, 5.41) is 13.5. The van der Waals surface area contributed by atoms with Gasteiger partial charge in [-0.2, -0.15) is 13.2 Å². The molecule has 2 aromatic rings. The van der Waals surface area contributed by atoms with Gasteiger partial charge in [-0.15, -0.1) is 0 Å². The van der Waals surface area contributed by atoms with Crippen LogP contribution in [0.1, 0.15) is 82.9 Å². The lowest BCUT2D eigenvalue weighted by atomic mass is 9.82. The van der Waals surface area contributed by atoms with Crippen molar-refractivity contribution in [1.29, 1.82) is 0 Å². The molecule has 1 aromatic heterocycles. The molecule has 3 aliphatic heterocycles. The molecule has 8 nitrogen and oxygen atoms in total. The maximum absolute atomic E-state index is 15.8. The second-order valence-corrected chi connectivity index (χ2v) is 11.3. The lowest BCUT2D eigenvalue weighted by Gasteiger charge is -2.39. The molecule has 6 rings (SSSR count). The van der Waals surface area contributed by atoms with E-state index in [4.69, 9.17) is 0 Å². The van der Waals surface area contributed by atoms with E-state index in [0.29, 0.717) is 5.69 Å². The number of pyridine rings is 1. The maximum Gasteiger partial charge on any atom is 0.416 e. The molecular formula is C28H27F5N4O4. The summed E-state index contributed by atoms with van der Waals surface area (Å²) in [6.07, 6.45) is -3.06. The highest BCUT2D eigenvalue weighted by atomic mass is 19.4. The van der Waals surface area contributed by atoms with Crippen molar-refractivity contribution in [2.45, 2.75) is 75.4 Å². The van der Waals surface area contributed by atoms with Crippen LogP contribution in [-0.4, -0.2) is 56.7 Å². The summed E-state index contributed by atoms with van der Waals surface area (Å²) < 4.78 is 71.5. The van der Waals surface area contributed by atoms with E-state index < -0.39 is 58.3 Å². The Morgan fingerprint density at radius 3 is 2.39 bits per heavy atom. The standard InChI is InChI=1S/C28H27F5N4O4/c29-19-11-17-18(13-37(26(17)40)21-3-4-22(38)35-25(21)39)24(30)23(19)27(41)5-7-36(8-6-27)12-16-9-15(28(31,32)33)10-20(34-16)14-1-2-14/h9-11,14,21,41H,1-8,12-13H2,(H,35,38,39). The third kappa shape index (κ3) is 5.09. The van der Waals surface area contributed by atoms with Crippen molar-refractivity contribution in [3.8, 4) is 0 Å². The first-order valence-corrected chi connectivity index (χ1v) is 13.5. The number of aliphatic hydroxyl groups is 1. The van der Waals surface area contributed by atoms with E-state index >= 15 is 8.78 Å². The number of hydrogen-bond donors (Lipinski definition) is 2. The zero-order chi connectivity index (χ0) is 29.3. The highest BCUT2D eigenvalue weighted by Gasteiger charge is 2.45. The Morgan fingerprint density at radius 1 is 1.05 bits per heavy atom. The topological polar surface area (TPSA) is 103 Å². The summed E-state index contributed by atoms with van der Waals surface area (Å²) in [4.78, 5) is 44.0. The number of aromatic nitrogens is 1. The van der Waals surface area contributed by atoms with Gasteiger partial charge in [0.25, 0.3) is 5.91 Å². The lowest BCUT2D eigenvalue weighted by molar-refractivity contribution is -0.138. The Labute approximate surface area is 231 Å². The summed E-state index contributed by atoms with van der Waals surface area (Å²) in [6.45, 7) is 0.0611. The molecule has 1 saturated carbocycles. The quantitative estimate of drug-likeness (QED) is 0.416. The number of carbonyl (C=O) groups is 3. The molecule has 1 aromatic carbocycles. The van der Waals surface area contributed by atoms with Crippen molar-refractivity contribution in [3.05, 3.63) is 63.5 Å². The summed E-state index contributed by atoms with van der Waals surface area (Å²) in [5.41, 5.74) is -2.96. The predicted octanol–water partition coefficient (Wildman–Crippen LogP) is 3.50. The normalized spacial score (nSPS) is 23.1. The second kappa shape index (κ2) is 9.83. The highest BCUT2D eigenvalue weighted by Crippen LogP contribution is 2.43. The fourth-order valence-electron chi connectivity index (χ4n) is 6.06. The number of rotatable bonds is 5. The molecule has 2 saturated heterocycles. The number of likely N-dealkylation sites (tertiary alicyclic amines) is 1. The molecule has 13 heteroatoms. The minimum Gasteiger partial charge on any atom is -0.385 e. The number of nitrogens with one attached hydrogen (secondary N) is 1. The van der Waals surface area contributed by atoms with Crippen LogP contribution < -0.4 is 5.32 Å². The van der Waals surface area contributed by atoms with Crippen LogP contribution in [0.3, 0.4) is 0 Å². The Hall–Kier alpha value is -3.45. The highest BCUT2D eigenvalue weighted by molar-refractivity contribution is 6.05. The van der Waals surface area contributed by atoms with Crippen LogP contribution in [0.5, 0.6) is 0 Å². The van der Waals surface area contributed by atoms with E-state index in [-0.39, 0.29) is 74.6 Å². The van der Waals surface area contributed by atoms with E-state index in [1.54, 1.807) is 4.90 Å². The number of fused-ring (bicyclic) bond motifs is 1. The minimum absolute atomic E-state index is 0.00674.